The normalized spacial score (nSPS) is 17.7. The first-order chi connectivity index (χ1) is 5.91. The van der Waals surface area contributed by atoms with Gasteiger partial charge in [-0.25, -0.2) is 0 Å². The average molecular weight is 274 g/mol. The number of hydrogen-bond donors (Lipinski definition) is 5. The van der Waals surface area contributed by atoms with Crippen molar-refractivity contribution in [1.82, 2.24) is 0 Å². The molecule has 0 amide bonds. The van der Waals surface area contributed by atoms with Crippen molar-refractivity contribution in [3.8, 4) is 0 Å². The molecule has 5 N–H and O–H groups in total. The van der Waals surface area contributed by atoms with Crippen molar-refractivity contribution >= 4 is 5.97 Å². The van der Waals surface area contributed by atoms with Crippen LogP contribution in [-0.2, 0) is 21.9 Å². The van der Waals surface area contributed by atoms with Crippen molar-refractivity contribution < 1.29 is 82.1 Å². The first kappa shape index (κ1) is 21.1. The molecule has 0 aromatic carbocycles. The molecule has 0 aliphatic rings. The molecule has 0 aliphatic heterocycles. The van der Waals surface area contributed by atoms with Crippen LogP contribution < -0.4 is 34.7 Å². The maximum Gasteiger partial charge on any atom is 3.00 e. The van der Waals surface area contributed by atoms with Gasteiger partial charge in [0.15, 0.2) is 0 Å². The van der Waals surface area contributed by atoms with Crippen LogP contribution in [0.1, 0.15) is 0 Å². The molecule has 0 heterocycles. The smallest absolute Gasteiger partial charge is 0.547 e. The third-order valence-electron chi connectivity index (χ3n) is 1.50. The van der Waals surface area contributed by atoms with Gasteiger partial charge in [-0.05, 0) is 0 Å². The molecule has 0 saturated carbocycles. The van der Waals surface area contributed by atoms with Gasteiger partial charge < -0.3 is 35.4 Å². The Labute approximate surface area is 118 Å². The number of aliphatic hydroxyl groups is 5. The summed E-state index contributed by atoms with van der Waals surface area (Å²) in [6.45, 7) is -0.863. The molecule has 0 rings (SSSR count). The first-order valence-electron chi connectivity index (χ1n) is 3.45. The molecule has 0 bridgehead atoms. The quantitative estimate of drug-likeness (QED) is 0.313. The van der Waals surface area contributed by atoms with Gasteiger partial charge in [-0.3, -0.25) is 0 Å². The number of carbonyl (C=O) groups is 1. The molecular weight excluding hydrogens is 263 g/mol. The summed E-state index contributed by atoms with van der Waals surface area (Å²) in [4.78, 5) is 9.98. The third-order valence-corrected chi connectivity index (χ3v) is 1.50. The fourth-order valence-corrected chi connectivity index (χ4v) is 0.662. The van der Waals surface area contributed by atoms with Crippen LogP contribution in [0.2, 0.25) is 0 Å². The molecule has 7 nitrogen and oxygen atoms in total. The monoisotopic (exact) mass is 274 g/mol. The fraction of sp³-hybridized carbons (Fsp3) is 0.833. The number of carboxylic acid groups (broad SMARTS) is 1. The van der Waals surface area contributed by atoms with Crippen LogP contribution in [0.4, 0.5) is 0 Å². The predicted octanol–water partition coefficient (Wildman–Crippen LogP) is -7.83. The number of aliphatic hydroxyl groups excluding tert-OH is 5. The zero-order chi connectivity index (χ0) is 10.6. The molecule has 0 aromatic rings. The SMILES string of the molecule is O=C([O-])C(O)C(O)C(O)C(O)CO.[Fe+3].[Na+]. The molecule has 1 radical (unpaired) electrons. The van der Waals surface area contributed by atoms with Crippen LogP contribution in [0, 0.1) is 0 Å². The number of hydrogen-bond acceptors (Lipinski definition) is 7. The summed E-state index contributed by atoms with van der Waals surface area (Å²) in [5, 5.41) is 53.4. The second-order valence-electron chi connectivity index (χ2n) is 2.49. The number of carbonyl (C=O) groups excluding carboxylic acids is 1. The van der Waals surface area contributed by atoms with Gasteiger partial charge in [0.05, 0.1) is 12.6 Å². The summed E-state index contributed by atoms with van der Waals surface area (Å²) in [5.41, 5.74) is 0. The molecule has 83 valence electrons. The van der Waals surface area contributed by atoms with E-state index in [0.717, 1.165) is 0 Å². The molecule has 0 saturated heterocycles. The molecule has 0 aliphatic carbocycles. The van der Waals surface area contributed by atoms with Gasteiger partial charge in [0.2, 0.25) is 0 Å². The van der Waals surface area contributed by atoms with Crippen LogP contribution in [0.15, 0.2) is 0 Å². The van der Waals surface area contributed by atoms with Crippen LogP contribution in [-0.4, -0.2) is 62.5 Å². The largest absolute Gasteiger partial charge is 3.00 e. The maximum absolute atomic E-state index is 9.98. The third kappa shape index (κ3) is 6.85. The van der Waals surface area contributed by atoms with Gasteiger partial charge in [-0.15, -0.1) is 0 Å². The van der Waals surface area contributed by atoms with Crippen molar-refractivity contribution in [2.75, 3.05) is 6.61 Å². The number of carboxylic acids is 1. The maximum atomic E-state index is 9.98. The number of aliphatic carboxylic acids is 1. The minimum atomic E-state index is -2.31. The van der Waals surface area contributed by atoms with E-state index in [0.29, 0.717) is 0 Å². The van der Waals surface area contributed by atoms with Crippen LogP contribution >= 0.6 is 0 Å². The second kappa shape index (κ2) is 9.98. The summed E-state index contributed by atoms with van der Waals surface area (Å²) >= 11 is 0. The van der Waals surface area contributed by atoms with E-state index < -0.39 is 37.0 Å². The second-order valence-corrected chi connectivity index (χ2v) is 2.49. The van der Waals surface area contributed by atoms with Gasteiger partial charge in [0, 0.05) is 0 Å². The summed E-state index contributed by atoms with van der Waals surface area (Å²) < 4.78 is 0. The first-order valence-corrected chi connectivity index (χ1v) is 3.45. The van der Waals surface area contributed by atoms with E-state index in [9.17, 15) is 9.90 Å². The van der Waals surface area contributed by atoms with Crippen LogP contribution in [0.5, 0.6) is 0 Å². The molecule has 0 aromatic heterocycles. The summed E-state index contributed by atoms with van der Waals surface area (Å²) in [7, 11) is 0. The summed E-state index contributed by atoms with van der Waals surface area (Å²) in [5.74, 6) is -1.98. The van der Waals surface area contributed by atoms with Crippen molar-refractivity contribution in [3.05, 3.63) is 0 Å². The standard InChI is InChI=1S/C6H12O7.Fe.Na/c7-1-2(8)3(9)4(10)5(11)6(12)13;;/h2-5,7-11H,1H2,(H,12,13);;/q;+3;+1/p-1. The van der Waals surface area contributed by atoms with E-state index in [2.05, 4.69) is 0 Å². The fourth-order valence-electron chi connectivity index (χ4n) is 0.662. The Morgan fingerprint density at radius 1 is 1.13 bits per heavy atom. The van der Waals surface area contributed by atoms with E-state index in [1.165, 1.54) is 0 Å². The van der Waals surface area contributed by atoms with E-state index in [1.54, 1.807) is 0 Å². The van der Waals surface area contributed by atoms with E-state index in [1.807, 2.05) is 0 Å². The zero-order valence-electron chi connectivity index (χ0n) is 7.92. The summed E-state index contributed by atoms with van der Waals surface area (Å²) in [6, 6.07) is 0. The van der Waals surface area contributed by atoms with E-state index in [4.69, 9.17) is 25.5 Å². The van der Waals surface area contributed by atoms with E-state index in [-0.39, 0.29) is 46.6 Å². The minimum absolute atomic E-state index is 0. The topological polar surface area (TPSA) is 141 Å². The van der Waals surface area contributed by atoms with Gasteiger partial charge in [0.25, 0.3) is 0 Å². The predicted molar refractivity (Wildman–Crippen MR) is 36.1 cm³/mol. The van der Waals surface area contributed by atoms with Gasteiger partial charge in [0.1, 0.15) is 24.4 Å². The molecule has 15 heavy (non-hydrogen) atoms. The van der Waals surface area contributed by atoms with Crippen LogP contribution in [0.3, 0.4) is 0 Å². The Hall–Kier alpha value is 0.789. The Bertz CT molecular complexity index is 181. The van der Waals surface area contributed by atoms with Crippen molar-refractivity contribution in [2.24, 2.45) is 0 Å². The van der Waals surface area contributed by atoms with Gasteiger partial charge in [-0.2, -0.15) is 0 Å². The van der Waals surface area contributed by atoms with E-state index >= 15 is 0 Å². The Morgan fingerprint density at radius 2 is 1.53 bits per heavy atom. The molecule has 9 heteroatoms. The van der Waals surface area contributed by atoms with Gasteiger partial charge >= 0.3 is 46.6 Å². The van der Waals surface area contributed by atoms with Crippen LogP contribution in [0.25, 0.3) is 0 Å². The molecule has 4 atom stereocenters. The van der Waals surface area contributed by atoms with Crippen molar-refractivity contribution in [1.29, 1.82) is 0 Å². The van der Waals surface area contributed by atoms with Crippen molar-refractivity contribution in [3.63, 3.8) is 0 Å². The molecule has 0 fully saturated rings. The Morgan fingerprint density at radius 3 is 1.80 bits per heavy atom. The van der Waals surface area contributed by atoms with Crippen molar-refractivity contribution in [2.45, 2.75) is 24.4 Å². The molecular formula is C6H11FeNaO7+3. The molecule has 0 spiro atoms. The molecule has 4 unspecified atom stereocenters. The Balaban J connectivity index is -0.000000720. The zero-order valence-corrected chi connectivity index (χ0v) is 11.0. The Kier molecular flexibility index (Phi) is 14.0. The summed E-state index contributed by atoms with van der Waals surface area (Å²) in [6.07, 6.45) is -8.08. The average Bonchev–Trinajstić information content (AvgIpc) is 2.12. The van der Waals surface area contributed by atoms with Gasteiger partial charge in [-0.1, -0.05) is 0 Å². The number of rotatable bonds is 5. The minimum Gasteiger partial charge on any atom is -0.547 e.